The maximum Gasteiger partial charge on any atom is 0.325 e. The molecule has 0 spiro atoms. The fourth-order valence-corrected chi connectivity index (χ4v) is 3.26. The van der Waals surface area contributed by atoms with Crippen molar-refractivity contribution in [2.45, 2.75) is 57.9 Å². The highest BCUT2D eigenvalue weighted by Crippen LogP contribution is 2.46. The summed E-state index contributed by atoms with van der Waals surface area (Å²) < 4.78 is 0. The van der Waals surface area contributed by atoms with E-state index in [1.807, 2.05) is 13.0 Å². The molecule has 1 saturated carbocycles. The number of carbonyl (C=O) groups is 3. The number of aromatic nitrogens is 2. The lowest BCUT2D eigenvalue weighted by molar-refractivity contribution is -0.133. The van der Waals surface area contributed by atoms with Gasteiger partial charge in [0, 0.05) is 17.7 Å². The Morgan fingerprint density at radius 2 is 2.20 bits per heavy atom. The van der Waals surface area contributed by atoms with Crippen molar-refractivity contribution in [1.82, 2.24) is 20.4 Å². The van der Waals surface area contributed by atoms with E-state index in [2.05, 4.69) is 27.8 Å². The Balaban J connectivity index is 1.58. The van der Waals surface area contributed by atoms with E-state index >= 15 is 0 Å². The second kappa shape index (κ2) is 6.50. The summed E-state index contributed by atoms with van der Waals surface area (Å²) in [5.41, 5.74) is 0.0829. The van der Waals surface area contributed by atoms with E-state index < -0.39 is 17.5 Å². The first-order chi connectivity index (χ1) is 11.8. The number of anilines is 1. The predicted molar refractivity (Wildman–Crippen MR) is 91.9 cm³/mol. The molecule has 2 aliphatic rings. The minimum absolute atomic E-state index is 0.311. The van der Waals surface area contributed by atoms with Gasteiger partial charge < -0.3 is 10.6 Å². The summed E-state index contributed by atoms with van der Waals surface area (Å²) >= 11 is 0. The molecule has 0 bridgehead atoms. The van der Waals surface area contributed by atoms with Gasteiger partial charge in [0.15, 0.2) is 5.82 Å². The first kappa shape index (κ1) is 17.4. The van der Waals surface area contributed by atoms with Crippen LogP contribution in [0.1, 0.15) is 58.1 Å². The zero-order valence-electron chi connectivity index (χ0n) is 14.9. The van der Waals surface area contributed by atoms with Crippen LogP contribution in [0.3, 0.4) is 0 Å². The van der Waals surface area contributed by atoms with Gasteiger partial charge in [-0.2, -0.15) is 5.10 Å². The summed E-state index contributed by atoms with van der Waals surface area (Å²) in [6.45, 7) is 5.58. The predicted octanol–water partition coefficient (Wildman–Crippen LogP) is 1.97. The van der Waals surface area contributed by atoms with Gasteiger partial charge in [0.05, 0.1) is 0 Å². The van der Waals surface area contributed by atoms with E-state index in [9.17, 15) is 14.4 Å². The number of aromatic amines is 1. The Morgan fingerprint density at radius 3 is 2.84 bits per heavy atom. The second-order valence-corrected chi connectivity index (χ2v) is 7.33. The molecule has 8 heteroatoms. The third-order valence-corrected chi connectivity index (χ3v) is 5.05. The van der Waals surface area contributed by atoms with Gasteiger partial charge in [0.2, 0.25) is 5.91 Å². The minimum Gasteiger partial charge on any atom is -0.323 e. The number of rotatable bonds is 7. The summed E-state index contributed by atoms with van der Waals surface area (Å²) in [4.78, 5) is 37.8. The standard InChI is InChI=1S/C17H25N5O3/c1-4-5-6-17(3)15(24)22(16(25)19-17)9-14(23)18-13-8-12(20-21-13)11-7-10(11)2/h8,10-11H,4-7,9H2,1-3H3,(H,19,25)(H2,18,20,21,23). The fourth-order valence-electron chi connectivity index (χ4n) is 3.26. The number of hydrogen-bond donors (Lipinski definition) is 3. The van der Waals surface area contributed by atoms with E-state index in [1.54, 1.807) is 6.92 Å². The monoisotopic (exact) mass is 347 g/mol. The van der Waals surface area contributed by atoms with Gasteiger partial charge in [-0.25, -0.2) is 4.79 Å². The Bertz CT molecular complexity index is 700. The molecule has 1 aromatic heterocycles. The molecule has 8 nitrogen and oxygen atoms in total. The zero-order valence-corrected chi connectivity index (χ0v) is 14.9. The number of unbranched alkanes of at least 4 members (excludes halogenated alkanes) is 1. The van der Waals surface area contributed by atoms with E-state index in [0.29, 0.717) is 24.1 Å². The van der Waals surface area contributed by atoms with Gasteiger partial charge >= 0.3 is 6.03 Å². The van der Waals surface area contributed by atoms with Crippen LogP contribution in [0.5, 0.6) is 0 Å². The molecular formula is C17H25N5O3. The number of nitrogens with one attached hydrogen (secondary N) is 3. The molecule has 3 N–H and O–H groups in total. The Morgan fingerprint density at radius 1 is 1.48 bits per heavy atom. The number of hydrogen-bond acceptors (Lipinski definition) is 4. The molecule has 0 aromatic carbocycles. The highest BCUT2D eigenvalue weighted by molar-refractivity contribution is 6.09. The lowest BCUT2D eigenvalue weighted by Crippen LogP contribution is -2.44. The number of urea groups is 1. The van der Waals surface area contributed by atoms with Crippen molar-refractivity contribution in [2.75, 3.05) is 11.9 Å². The average Bonchev–Trinajstić information content (AvgIpc) is 3.03. The van der Waals surface area contributed by atoms with Crippen molar-refractivity contribution in [3.63, 3.8) is 0 Å². The number of nitrogens with zero attached hydrogens (tertiary/aromatic N) is 2. The number of amides is 4. The van der Waals surface area contributed by atoms with E-state index in [0.717, 1.165) is 29.9 Å². The van der Waals surface area contributed by atoms with Crippen LogP contribution >= 0.6 is 0 Å². The molecule has 1 saturated heterocycles. The lowest BCUT2D eigenvalue weighted by atomic mass is 9.95. The molecule has 2 heterocycles. The largest absolute Gasteiger partial charge is 0.325 e. The Hall–Kier alpha value is -2.38. The van der Waals surface area contributed by atoms with Gasteiger partial charge in [-0.1, -0.05) is 26.7 Å². The quantitative estimate of drug-likeness (QED) is 0.655. The maximum atomic E-state index is 12.5. The molecule has 2 fully saturated rings. The van der Waals surface area contributed by atoms with Gasteiger partial charge in [0.1, 0.15) is 12.1 Å². The Kier molecular flexibility index (Phi) is 4.53. The van der Waals surface area contributed by atoms with Crippen molar-refractivity contribution in [1.29, 1.82) is 0 Å². The van der Waals surface area contributed by atoms with Crippen molar-refractivity contribution in [3.05, 3.63) is 11.8 Å². The number of H-pyrrole nitrogens is 1. The summed E-state index contributed by atoms with van der Waals surface area (Å²) in [5.74, 6) is 0.736. The first-order valence-corrected chi connectivity index (χ1v) is 8.83. The maximum absolute atomic E-state index is 12.5. The number of carbonyl (C=O) groups excluding carboxylic acids is 3. The molecule has 1 aliphatic heterocycles. The molecule has 3 rings (SSSR count). The topological polar surface area (TPSA) is 107 Å². The molecule has 136 valence electrons. The molecule has 1 aliphatic carbocycles. The Labute approximate surface area is 146 Å². The van der Waals surface area contributed by atoms with Crippen LogP contribution < -0.4 is 10.6 Å². The fraction of sp³-hybridized carbons (Fsp3) is 0.647. The SMILES string of the molecule is CCCCC1(C)NC(=O)N(CC(=O)Nc2cc(C3CC3C)[nH]n2)C1=O. The highest BCUT2D eigenvalue weighted by Gasteiger charge is 2.47. The summed E-state index contributed by atoms with van der Waals surface area (Å²) in [5, 5.41) is 12.3. The van der Waals surface area contributed by atoms with E-state index in [-0.39, 0.29) is 12.5 Å². The third kappa shape index (κ3) is 3.52. The zero-order chi connectivity index (χ0) is 18.2. The molecule has 3 unspecified atom stereocenters. The molecule has 3 atom stereocenters. The molecule has 0 radical (unpaired) electrons. The summed E-state index contributed by atoms with van der Waals surface area (Å²) in [7, 11) is 0. The van der Waals surface area contributed by atoms with Gasteiger partial charge in [0.25, 0.3) is 5.91 Å². The van der Waals surface area contributed by atoms with Gasteiger partial charge in [-0.3, -0.25) is 19.6 Å². The highest BCUT2D eigenvalue weighted by atomic mass is 16.2. The van der Waals surface area contributed by atoms with Gasteiger partial charge in [-0.05, 0) is 25.7 Å². The van der Waals surface area contributed by atoms with Crippen molar-refractivity contribution in [3.8, 4) is 0 Å². The molecule has 25 heavy (non-hydrogen) atoms. The number of imide groups is 1. The first-order valence-electron chi connectivity index (χ1n) is 8.83. The van der Waals surface area contributed by atoms with Crippen LogP contribution in [0.15, 0.2) is 6.07 Å². The smallest absolute Gasteiger partial charge is 0.323 e. The van der Waals surface area contributed by atoms with Crippen LogP contribution in [-0.2, 0) is 9.59 Å². The molecule has 4 amide bonds. The molecule has 1 aromatic rings. The van der Waals surface area contributed by atoms with Gasteiger partial charge in [-0.15, -0.1) is 0 Å². The second-order valence-electron chi connectivity index (χ2n) is 7.33. The summed E-state index contributed by atoms with van der Waals surface area (Å²) in [6, 6.07) is 1.29. The van der Waals surface area contributed by atoms with Crippen LogP contribution in [0.25, 0.3) is 0 Å². The van der Waals surface area contributed by atoms with E-state index in [4.69, 9.17) is 0 Å². The third-order valence-electron chi connectivity index (χ3n) is 5.05. The van der Waals surface area contributed by atoms with Crippen molar-refractivity contribution in [2.24, 2.45) is 5.92 Å². The van der Waals surface area contributed by atoms with Crippen LogP contribution in [0.4, 0.5) is 10.6 Å². The van der Waals surface area contributed by atoms with Crippen molar-refractivity contribution >= 4 is 23.7 Å². The minimum atomic E-state index is -0.922. The summed E-state index contributed by atoms with van der Waals surface area (Å²) in [6.07, 6.45) is 3.45. The molecular weight excluding hydrogens is 322 g/mol. The average molecular weight is 347 g/mol. The lowest BCUT2D eigenvalue weighted by Gasteiger charge is -2.21. The van der Waals surface area contributed by atoms with Crippen LogP contribution in [0, 0.1) is 5.92 Å². The normalized spacial score (nSPS) is 28.2. The van der Waals surface area contributed by atoms with E-state index in [1.165, 1.54) is 0 Å². The van der Waals surface area contributed by atoms with Crippen LogP contribution in [0.2, 0.25) is 0 Å². The van der Waals surface area contributed by atoms with Crippen molar-refractivity contribution < 1.29 is 14.4 Å². The van der Waals surface area contributed by atoms with Crippen LogP contribution in [-0.4, -0.2) is 45.0 Å².